The molecular weight excluding hydrogens is 268 g/mol. The Morgan fingerprint density at radius 1 is 1.33 bits per heavy atom. The van der Waals surface area contributed by atoms with Gasteiger partial charge in [-0.3, -0.25) is 9.59 Å². The molecule has 0 atom stereocenters. The average Bonchev–Trinajstić information content (AvgIpc) is 2.95. The largest absolute Gasteiger partial charge is 0.345 e. The molecule has 2 aromatic rings. The van der Waals surface area contributed by atoms with E-state index in [1.165, 1.54) is 0 Å². The third-order valence-corrected chi connectivity index (χ3v) is 4.00. The molecule has 2 N–H and O–H groups in total. The molecule has 0 radical (unpaired) electrons. The SMILES string of the molecule is CC(=O)N1CCC(C(=O)Nc2ccc3nc[nH]c3c2)CC1. The second-order valence-corrected chi connectivity index (χ2v) is 5.40. The number of imidazole rings is 1. The van der Waals surface area contributed by atoms with Crippen LogP contribution in [0.15, 0.2) is 24.5 Å². The highest BCUT2D eigenvalue weighted by Gasteiger charge is 2.26. The highest BCUT2D eigenvalue weighted by atomic mass is 16.2. The summed E-state index contributed by atoms with van der Waals surface area (Å²) in [7, 11) is 0. The van der Waals surface area contributed by atoms with E-state index in [-0.39, 0.29) is 17.7 Å². The fraction of sp³-hybridized carbons (Fsp3) is 0.400. The molecule has 6 heteroatoms. The number of aromatic nitrogens is 2. The van der Waals surface area contributed by atoms with E-state index >= 15 is 0 Å². The van der Waals surface area contributed by atoms with Gasteiger partial charge < -0.3 is 15.2 Å². The number of H-pyrrole nitrogens is 1. The first-order chi connectivity index (χ1) is 10.1. The molecule has 0 aliphatic carbocycles. The number of rotatable bonds is 2. The molecule has 3 rings (SSSR count). The van der Waals surface area contributed by atoms with Crippen LogP contribution in [0.2, 0.25) is 0 Å². The second kappa shape index (κ2) is 5.55. The second-order valence-electron chi connectivity index (χ2n) is 5.40. The van der Waals surface area contributed by atoms with Gasteiger partial charge in [0.2, 0.25) is 11.8 Å². The number of carbonyl (C=O) groups is 2. The number of hydrogen-bond donors (Lipinski definition) is 2. The Morgan fingerprint density at radius 2 is 2.10 bits per heavy atom. The number of piperidine rings is 1. The van der Waals surface area contributed by atoms with Crippen LogP contribution in [0.25, 0.3) is 11.0 Å². The average molecular weight is 286 g/mol. The molecule has 1 aromatic heterocycles. The number of anilines is 1. The molecule has 1 aliphatic rings. The molecule has 0 bridgehead atoms. The van der Waals surface area contributed by atoms with Crippen LogP contribution in [-0.4, -0.2) is 39.8 Å². The molecular formula is C15H18N4O2. The summed E-state index contributed by atoms with van der Waals surface area (Å²) in [5, 5.41) is 2.95. The lowest BCUT2D eigenvalue weighted by Gasteiger charge is -2.30. The Labute approximate surface area is 122 Å². The van der Waals surface area contributed by atoms with Crippen LogP contribution in [0.1, 0.15) is 19.8 Å². The third kappa shape index (κ3) is 2.89. The van der Waals surface area contributed by atoms with Crippen LogP contribution in [0.3, 0.4) is 0 Å². The molecule has 0 saturated carbocycles. The predicted octanol–water partition coefficient (Wildman–Crippen LogP) is 1.76. The molecule has 1 aromatic carbocycles. The number of benzene rings is 1. The molecule has 6 nitrogen and oxygen atoms in total. The maximum Gasteiger partial charge on any atom is 0.227 e. The zero-order valence-electron chi connectivity index (χ0n) is 11.9. The van der Waals surface area contributed by atoms with E-state index in [4.69, 9.17) is 0 Å². The Bertz CT molecular complexity index is 671. The topological polar surface area (TPSA) is 78.1 Å². The van der Waals surface area contributed by atoms with Crippen LogP contribution < -0.4 is 5.32 Å². The summed E-state index contributed by atoms with van der Waals surface area (Å²) in [5.41, 5.74) is 2.55. The van der Waals surface area contributed by atoms with E-state index in [2.05, 4.69) is 15.3 Å². The van der Waals surface area contributed by atoms with E-state index in [1.54, 1.807) is 18.2 Å². The first kappa shape index (κ1) is 13.6. The number of amides is 2. The minimum absolute atomic E-state index is 0.0251. The Balaban J connectivity index is 1.62. The van der Waals surface area contributed by atoms with Crippen molar-refractivity contribution in [3.05, 3.63) is 24.5 Å². The lowest BCUT2D eigenvalue weighted by molar-refractivity contribution is -0.132. The predicted molar refractivity (Wildman–Crippen MR) is 79.7 cm³/mol. The lowest BCUT2D eigenvalue weighted by Crippen LogP contribution is -2.40. The molecule has 0 unspecified atom stereocenters. The van der Waals surface area contributed by atoms with Crippen molar-refractivity contribution >= 4 is 28.5 Å². The van der Waals surface area contributed by atoms with E-state index in [1.807, 2.05) is 18.2 Å². The molecule has 1 fully saturated rings. The normalized spacial score (nSPS) is 16.1. The summed E-state index contributed by atoms with van der Waals surface area (Å²) in [6, 6.07) is 5.61. The van der Waals surface area contributed by atoms with Gasteiger partial charge in [-0.2, -0.15) is 0 Å². The number of hydrogen-bond acceptors (Lipinski definition) is 3. The van der Waals surface area contributed by atoms with Crippen LogP contribution in [0.5, 0.6) is 0 Å². The van der Waals surface area contributed by atoms with Gasteiger partial charge in [0, 0.05) is 31.6 Å². The van der Waals surface area contributed by atoms with Gasteiger partial charge in [-0.25, -0.2) is 4.98 Å². The van der Waals surface area contributed by atoms with Crippen molar-refractivity contribution in [3.63, 3.8) is 0 Å². The number of nitrogens with zero attached hydrogens (tertiary/aromatic N) is 2. The Hall–Kier alpha value is -2.37. The number of carbonyl (C=O) groups excluding carboxylic acids is 2. The van der Waals surface area contributed by atoms with Gasteiger partial charge in [0.05, 0.1) is 17.4 Å². The first-order valence-corrected chi connectivity index (χ1v) is 7.13. The smallest absolute Gasteiger partial charge is 0.227 e. The summed E-state index contributed by atoms with van der Waals surface area (Å²) in [5.74, 6) is 0.0775. The van der Waals surface area contributed by atoms with Crippen molar-refractivity contribution in [1.82, 2.24) is 14.9 Å². The number of aromatic amines is 1. The summed E-state index contributed by atoms with van der Waals surface area (Å²) < 4.78 is 0. The van der Waals surface area contributed by atoms with Gasteiger partial charge in [0.25, 0.3) is 0 Å². The van der Waals surface area contributed by atoms with Crippen LogP contribution in [0, 0.1) is 5.92 Å². The maximum atomic E-state index is 12.3. The highest BCUT2D eigenvalue weighted by Crippen LogP contribution is 2.21. The fourth-order valence-corrected chi connectivity index (χ4v) is 2.71. The number of likely N-dealkylation sites (tertiary alicyclic amines) is 1. The van der Waals surface area contributed by atoms with Gasteiger partial charge in [-0.15, -0.1) is 0 Å². The molecule has 2 amide bonds. The summed E-state index contributed by atoms with van der Waals surface area (Å²) in [4.78, 5) is 32.5. The van der Waals surface area contributed by atoms with Gasteiger partial charge in [-0.05, 0) is 31.0 Å². The van der Waals surface area contributed by atoms with E-state index in [0.29, 0.717) is 13.1 Å². The Kier molecular flexibility index (Phi) is 3.60. The minimum Gasteiger partial charge on any atom is -0.345 e. The zero-order chi connectivity index (χ0) is 14.8. The van der Waals surface area contributed by atoms with Crippen molar-refractivity contribution in [3.8, 4) is 0 Å². The minimum atomic E-state index is -0.0296. The summed E-state index contributed by atoms with van der Waals surface area (Å²) >= 11 is 0. The van der Waals surface area contributed by atoms with Crippen LogP contribution in [-0.2, 0) is 9.59 Å². The van der Waals surface area contributed by atoms with Crippen molar-refractivity contribution in [2.75, 3.05) is 18.4 Å². The molecule has 1 aliphatic heterocycles. The molecule has 2 heterocycles. The van der Waals surface area contributed by atoms with Gasteiger partial charge in [-0.1, -0.05) is 0 Å². The van der Waals surface area contributed by atoms with E-state index < -0.39 is 0 Å². The summed E-state index contributed by atoms with van der Waals surface area (Å²) in [6.07, 6.45) is 3.07. The quantitative estimate of drug-likeness (QED) is 0.883. The first-order valence-electron chi connectivity index (χ1n) is 7.13. The van der Waals surface area contributed by atoms with Gasteiger partial charge >= 0.3 is 0 Å². The van der Waals surface area contributed by atoms with Crippen LogP contribution >= 0.6 is 0 Å². The zero-order valence-corrected chi connectivity index (χ0v) is 11.9. The molecule has 21 heavy (non-hydrogen) atoms. The third-order valence-electron chi connectivity index (χ3n) is 4.00. The molecule has 110 valence electrons. The maximum absolute atomic E-state index is 12.3. The fourth-order valence-electron chi connectivity index (χ4n) is 2.71. The number of fused-ring (bicyclic) bond motifs is 1. The van der Waals surface area contributed by atoms with Crippen molar-refractivity contribution in [2.45, 2.75) is 19.8 Å². The lowest BCUT2D eigenvalue weighted by atomic mass is 9.96. The van der Waals surface area contributed by atoms with Crippen molar-refractivity contribution in [1.29, 1.82) is 0 Å². The van der Waals surface area contributed by atoms with Gasteiger partial charge in [0.1, 0.15) is 0 Å². The van der Waals surface area contributed by atoms with Gasteiger partial charge in [0.15, 0.2) is 0 Å². The van der Waals surface area contributed by atoms with Crippen molar-refractivity contribution in [2.24, 2.45) is 5.92 Å². The standard InChI is InChI=1S/C15H18N4O2/c1-10(20)19-6-4-11(5-7-19)15(21)18-12-2-3-13-14(8-12)17-9-16-13/h2-3,8-9,11H,4-7H2,1H3,(H,16,17)(H,18,21). The van der Waals surface area contributed by atoms with E-state index in [9.17, 15) is 9.59 Å². The van der Waals surface area contributed by atoms with Crippen LogP contribution in [0.4, 0.5) is 5.69 Å². The van der Waals surface area contributed by atoms with Crippen molar-refractivity contribution < 1.29 is 9.59 Å². The van der Waals surface area contributed by atoms with E-state index in [0.717, 1.165) is 29.6 Å². The number of nitrogens with one attached hydrogen (secondary N) is 2. The molecule has 1 saturated heterocycles. The molecule has 0 spiro atoms. The Morgan fingerprint density at radius 3 is 2.81 bits per heavy atom. The summed E-state index contributed by atoms with van der Waals surface area (Å²) in [6.45, 7) is 2.89. The monoisotopic (exact) mass is 286 g/mol. The highest BCUT2D eigenvalue weighted by molar-refractivity contribution is 5.94.